The molecule has 0 unspecified atom stereocenters. The van der Waals surface area contributed by atoms with Crippen molar-refractivity contribution in [2.45, 2.75) is 73.0 Å². The maximum atomic E-state index is 13.0. The number of anilines is 1. The van der Waals surface area contributed by atoms with Crippen molar-refractivity contribution in [1.82, 2.24) is 0 Å². The van der Waals surface area contributed by atoms with Crippen LogP contribution in [0.1, 0.15) is 71.7 Å². The average molecular weight is 394 g/mol. The van der Waals surface area contributed by atoms with Gasteiger partial charge in [-0.25, -0.2) is 4.79 Å². The van der Waals surface area contributed by atoms with E-state index in [9.17, 15) is 9.59 Å². The molecular weight excluding hydrogens is 358 g/mol. The molecule has 0 fully saturated rings. The second-order valence-corrected chi connectivity index (χ2v) is 7.73. The third-order valence-electron chi connectivity index (χ3n) is 4.00. The molecule has 1 N–H and O–H groups in total. The van der Waals surface area contributed by atoms with Gasteiger partial charge in [-0.2, -0.15) is 0 Å². The van der Waals surface area contributed by atoms with Gasteiger partial charge in [-0.15, -0.1) is 0 Å². The van der Waals surface area contributed by atoms with Gasteiger partial charge < -0.3 is 19.5 Å². The highest BCUT2D eigenvalue weighted by Crippen LogP contribution is 2.28. The number of rotatable bonds is 11. The second kappa shape index (κ2) is 11.1. The molecule has 158 valence electrons. The molecule has 0 spiro atoms. The van der Waals surface area contributed by atoms with E-state index in [1.807, 2.05) is 20.8 Å². The molecule has 0 heterocycles. The number of hydrogen-bond donors (Lipinski definition) is 1. The number of amides is 1. The molecule has 6 heteroatoms. The first-order valence-electron chi connectivity index (χ1n) is 10.1. The van der Waals surface area contributed by atoms with Crippen molar-refractivity contribution in [3.05, 3.63) is 23.8 Å². The van der Waals surface area contributed by atoms with E-state index in [0.717, 1.165) is 6.42 Å². The van der Waals surface area contributed by atoms with E-state index in [0.29, 0.717) is 30.4 Å². The molecule has 1 aromatic carbocycles. The molecule has 0 saturated carbocycles. The first-order chi connectivity index (χ1) is 13.1. The van der Waals surface area contributed by atoms with Crippen molar-refractivity contribution in [3.63, 3.8) is 0 Å². The molecule has 0 radical (unpaired) electrons. The second-order valence-electron chi connectivity index (χ2n) is 7.73. The van der Waals surface area contributed by atoms with Gasteiger partial charge in [0.25, 0.3) is 5.91 Å². The van der Waals surface area contributed by atoms with E-state index in [-0.39, 0.29) is 24.2 Å². The Morgan fingerprint density at radius 1 is 1.14 bits per heavy atom. The van der Waals surface area contributed by atoms with Crippen LogP contribution in [0.3, 0.4) is 0 Å². The van der Waals surface area contributed by atoms with Crippen LogP contribution in [0, 0.1) is 5.92 Å². The Kier molecular flexibility index (Phi) is 9.46. The summed E-state index contributed by atoms with van der Waals surface area (Å²) in [5.74, 6) is 0.00607. The van der Waals surface area contributed by atoms with Crippen LogP contribution in [-0.4, -0.2) is 36.8 Å². The SMILES string of the molecule is CCCO[C@@](C)(CC(C)C)C(=O)Nc1ccc(OC(C)C)c(C(=O)OCC)c1. The predicted molar refractivity (Wildman–Crippen MR) is 111 cm³/mol. The van der Waals surface area contributed by atoms with Crippen LogP contribution in [0.5, 0.6) is 5.75 Å². The lowest BCUT2D eigenvalue weighted by atomic mass is 9.93. The first kappa shape index (κ1) is 24.0. The fourth-order valence-corrected chi connectivity index (χ4v) is 2.92. The van der Waals surface area contributed by atoms with E-state index >= 15 is 0 Å². The summed E-state index contributed by atoms with van der Waals surface area (Å²) in [5, 5.41) is 2.89. The smallest absolute Gasteiger partial charge is 0.341 e. The van der Waals surface area contributed by atoms with Crippen LogP contribution in [0.4, 0.5) is 5.69 Å². The van der Waals surface area contributed by atoms with Gasteiger partial charge in [-0.1, -0.05) is 20.8 Å². The number of carbonyl (C=O) groups excluding carboxylic acids is 2. The molecule has 0 aliphatic heterocycles. The monoisotopic (exact) mass is 393 g/mol. The van der Waals surface area contributed by atoms with Crippen molar-refractivity contribution in [3.8, 4) is 5.75 Å². The van der Waals surface area contributed by atoms with Crippen molar-refractivity contribution in [2.24, 2.45) is 5.92 Å². The number of nitrogens with one attached hydrogen (secondary N) is 1. The normalized spacial score (nSPS) is 13.3. The summed E-state index contributed by atoms with van der Waals surface area (Å²) in [5.41, 5.74) is -0.158. The maximum absolute atomic E-state index is 13.0. The molecule has 1 rings (SSSR count). The molecular formula is C22H35NO5. The van der Waals surface area contributed by atoms with Gasteiger partial charge >= 0.3 is 5.97 Å². The Bertz CT molecular complexity index is 656. The summed E-state index contributed by atoms with van der Waals surface area (Å²) in [7, 11) is 0. The van der Waals surface area contributed by atoms with Crippen LogP contribution in [-0.2, 0) is 14.3 Å². The fourth-order valence-electron chi connectivity index (χ4n) is 2.92. The molecule has 6 nitrogen and oxygen atoms in total. The minimum Gasteiger partial charge on any atom is -0.490 e. The number of esters is 1. The fraction of sp³-hybridized carbons (Fsp3) is 0.636. The molecule has 0 saturated heterocycles. The molecule has 1 aromatic rings. The van der Waals surface area contributed by atoms with Gasteiger partial charge in [-0.3, -0.25) is 4.79 Å². The van der Waals surface area contributed by atoms with Crippen LogP contribution < -0.4 is 10.1 Å². The first-order valence-corrected chi connectivity index (χ1v) is 10.1. The summed E-state index contributed by atoms with van der Waals surface area (Å²) in [6, 6.07) is 4.98. The predicted octanol–water partition coefficient (Wildman–Crippen LogP) is 4.82. The number of carbonyl (C=O) groups is 2. The van der Waals surface area contributed by atoms with Crippen LogP contribution >= 0.6 is 0 Å². The van der Waals surface area contributed by atoms with Gasteiger partial charge in [0, 0.05) is 12.3 Å². The summed E-state index contributed by atoms with van der Waals surface area (Å²) in [6.45, 7) is 14.2. The quantitative estimate of drug-likeness (QED) is 0.546. The van der Waals surface area contributed by atoms with Crippen molar-refractivity contribution >= 4 is 17.6 Å². The minimum absolute atomic E-state index is 0.0922. The molecule has 0 aliphatic carbocycles. The van der Waals surface area contributed by atoms with Crippen molar-refractivity contribution in [1.29, 1.82) is 0 Å². The lowest BCUT2D eigenvalue weighted by Gasteiger charge is -2.30. The van der Waals surface area contributed by atoms with E-state index in [2.05, 4.69) is 19.2 Å². The summed E-state index contributed by atoms with van der Waals surface area (Å²) >= 11 is 0. The molecule has 28 heavy (non-hydrogen) atoms. The van der Waals surface area contributed by atoms with Crippen molar-refractivity contribution < 1.29 is 23.8 Å². The van der Waals surface area contributed by atoms with Gasteiger partial charge in [0.1, 0.15) is 16.9 Å². The topological polar surface area (TPSA) is 73.9 Å². The van der Waals surface area contributed by atoms with Gasteiger partial charge in [0.05, 0.1) is 12.7 Å². The number of hydrogen-bond acceptors (Lipinski definition) is 5. The lowest BCUT2D eigenvalue weighted by Crippen LogP contribution is -2.44. The Balaban J connectivity index is 3.12. The highest BCUT2D eigenvalue weighted by Gasteiger charge is 2.35. The zero-order valence-electron chi connectivity index (χ0n) is 18.3. The molecule has 1 atom stereocenters. The van der Waals surface area contributed by atoms with E-state index < -0.39 is 11.6 Å². The Hall–Kier alpha value is -2.08. The summed E-state index contributed by atoms with van der Waals surface area (Å²) < 4.78 is 16.7. The summed E-state index contributed by atoms with van der Waals surface area (Å²) in [4.78, 5) is 25.3. The Morgan fingerprint density at radius 2 is 1.82 bits per heavy atom. The Morgan fingerprint density at radius 3 is 2.36 bits per heavy atom. The highest BCUT2D eigenvalue weighted by molar-refractivity contribution is 5.99. The van der Waals surface area contributed by atoms with Gasteiger partial charge in [-0.05, 0) is 64.7 Å². The van der Waals surface area contributed by atoms with Crippen LogP contribution in [0.2, 0.25) is 0 Å². The molecule has 0 aliphatic rings. The molecule has 0 bridgehead atoms. The average Bonchev–Trinajstić information content (AvgIpc) is 2.60. The van der Waals surface area contributed by atoms with Gasteiger partial charge in [0.2, 0.25) is 0 Å². The minimum atomic E-state index is -0.943. The van der Waals surface area contributed by atoms with E-state index in [1.165, 1.54) is 0 Å². The van der Waals surface area contributed by atoms with E-state index in [1.54, 1.807) is 32.0 Å². The Labute approximate surface area is 168 Å². The highest BCUT2D eigenvalue weighted by atomic mass is 16.5. The third-order valence-corrected chi connectivity index (χ3v) is 4.00. The molecule has 0 aromatic heterocycles. The summed E-state index contributed by atoms with van der Waals surface area (Å²) in [6.07, 6.45) is 1.33. The van der Waals surface area contributed by atoms with Crippen LogP contribution in [0.15, 0.2) is 18.2 Å². The molecule has 1 amide bonds. The third kappa shape index (κ3) is 7.15. The van der Waals surface area contributed by atoms with Crippen molar-refractivity contribution in [2.75, 3.05) is 18.5 Å². The van der Waals surface area contributed by atoms with Gasteiger partial charge in [0.15, 0.2) is 0 Å². The number of benzene rings is 1. The zero-order chi connectivity index (χ0) is 21.3. The van der Waals surface area contributed by atoms with E-state index in [4.69, 9.17) is 14.2 Å². The van der Waals surface area contributed by atoms with Crippen LogP contribution in [0.25, 0.3) is 0 Å². The largest absolute Gasteiger partial charge is 0.490 e. The number of ether oxygens (including phenoxy) is 3. The maximum Gasteiger partial charge on any atom is 0.341 e. The standard InChI is InChI=1S/C22H35NO5/c1-8-12-27-22(7,14-15(3)4)21(25)23-17-10-11-19(28-16(5)6)18(13-17)20(24)26-9-2/h10-11,13,15-16H,8-9,12,14H2,1-7H3,(H,23,25)/t22-/m0/s1. The lowest BCUT2D eigenvalue weighted by molar-refractivity contribution is -0.141. The zero-order valence-corrected chi connectivity index (χ0v) is 18.3.